The molecule has 0 heterocycles. The van der Waals surface area contributed by atoms with E-state index in [4.69, 9.17) is 4.74 Å². The van der Waals surface area contributed by atoms with Crippen molar-refractivity contribution < 1.29 is 14.3 Å². The van der Waals surface area contributed by atoms with Crippen LogP contribution in [-0.4, -0.2) is 23.6 Å². The third-order valence-electron chi connectivity index (χ3n) is 3.63. The fourth-order valence-corrected chi connectivity index (χ4v) is 2.38. The molecule has 0 aliphatic heterocycles. The lowest BCUT2D eigenvalue weighted by molar-refractivity contribution is -0.124. The predicted octanol–water partition coefficient (Wildman–Crippen LogP) is 3.80. The first-order chi connectivity index (χ1) is 11.1. The zero-order valence-electron chi connectivity index (χ0n) is 15.6. The van der Waals surface area contributed by atoms with E-state index in [0.29, 0.717) is 5.92 Å². The van der Waals surface area contributed by atoms with Gasteiger partial charge in [-0.2, -0.15) is 0 Å². The molecule has 1 rings (SSSR count). The van der Waals surface area contributed by atoms with Crippen molar-refractivity contribution in [1.82, 2.24) is 10.6 Å². The van der Waals surface area contributed by atoms with Gasteiger partial charge in [-0.3, -0.25) is 4.79 Å². The van der Waals surface area contributed by atoms with Crippen LogP contribution < -0.4 is 10.6 Å². The molecule has 2 atom stereocenters. The summed E-state index contributed by atoms with van der Waals surface area (Å²) in [5.74, 6) is 0.0875. The molecule has 2 unspecified atom stereocenters. The molecule has 2 N–H and O–H groups in total. The van der Waals surface area contributed by atoms with Crippen LogP contribution >= 0.6 is 0 Å². The molecule has 0 saturated carbocycles. The van der Waals surface area contributed by atoms with Crippen LogP contribution in [0.15, 0.2) is 30.3 Å². The van der Waals surface area contributed by atoms with Crippen molar-refractivity contribution in [1.29, 1.82) is 0 Å². The van der Waals surface area contributed by atoms with Crippen molar-refractivity contribution >= 4 is 12.0 Å². The van der Waals surface area contributed by atoms with Crippen molar-refractivity contribution in [2.75, 3.05) is 0 Å². The summed E-state index contributed by atoms with van der Waals surface area (Å²) in [5.41, 5.74) is 0.102. The number of hydrogen-bond donors (Lipinski definition) is 2. The Labute approximate surface area is 145 Å². The standard InChI is InChI=1S/C19H30N2O3/c1-7-15(13(2)3)20-17(22)16(14-11-9-8-10-12-14)21-18(23)24-19(4,5)6/h8-13,15-16H,7H2,1-6H3,(H,20,22)(H,21,23). The van der Waals surface area contributed by atoms with E-state index in [-0.39, 0.29) is 11.9 Å². The number of carbonyl (C=O) groups is 2. The van der Waals surface area contributed by atoms with E-state index in [1.165, 1.54) is 0 Å². The molecule has 2 amide bonds. The fourth-order valence-electron chi connectivity index (χ4n) is 2.38. The normalized spacial score (nSPS) is 14.0. The van der Waals surface area contributed by atoms with Gasteiger partial charge in [-0.15, -0.1) is 0 Å². The molecule has 0 aliphatic carbocycles. The van der Waals surface area contributed by atoms with Gasteiger partial charge in [-0.1, -0.05) is 51.1 Å². The van der Waals surface area contributed by atoms with Gasteiger partial charge in [0.2, 0.25) is 5.91 Å². The molecule has 0 bridgehead atoms. The Bertz CT molecular complexity index is 535. The van der Waals surface area contributed by atoms with Gasteiger partial charge in [0.05, 0.1) is 0 Å². The van der Waals surface area contributed by atoms with Crippen LogP contribution in [0.25, 0.3) is 0 Å². The highest BCUT2D eigenvalue weighted by Gasteiger charge is 2.27. The molecule has 1 aromatic rings. The molecule has 0 aromatic heterocycles. The average Bonchev–Trinajstić information content (AvgIpc) is 2.48. The molecule has 0 fully saturated rings. The maximum absolute atomic E-state index is 12.7. The maximum atomic E-state index is 12.7. The quantitative estimate of drug-likeness (QED) is 0.831. The van der Waals surface area contributed by atoms with Crippen LogP contribution in [0.2, 0.25) is 0 Å². The summed E-state index contributed by atoms with van der Waals surface area (Å²) in [6, 6.07) is 8.46. The van der Waals surface area contributed by atoms with Gasteiger partial charge >= 0.3 is 6.09 Å². The highest BCUT2D eigenvalue weighted by Crippen LogP contribution is 2.16. The van der Waals surface area contributed by atoms with E-state index in [1.54, 1.807) is 20.8 Å². The molecule has 1 aromatic carbocycles. The SMILES string of the molecule is CCC(NC(=O)C(NC(=O)OC(C)(C)C)c1ccccc1)C(C)C. The first kappa shape index (κ1) is 20.0. The molecule has 0 aliphatic rings. The number of nitrogens with one attached hydrogen (secondary N) is 2. The third kappa shape index (κ3) is 6.60. The van der Waals surface area contributed by atoms with E-state index in [9.17, 15) is 9.59 Å². The second-order valence-electron chi connectivity index (χ2n) is 7.26. The average molecular weight is 334 g/mol. The summed E-state index contributed by atoms with van der Waals surface area (Å²) in [6.07, 6.45) is 0.223. The highest BCUT2D eigenvalue weighted by atomic mass is 16.6. The molecular formula is C19H30N2O3. The largest absolute Gasteiger partial charge is 0.444 e. The van der Waals surface area contributed by atoms with Gasteiger partial charge < -0.3 is 15.4 Å². The van der Waals surface area contributed by atoms with Crippen LogP contribution in [0.4, 0.5) is 4.79 Å². The van der Waals surface area contributed by atoms with Crippen LogP contribution in [0.1, 0.15) is 59.6 Å². The summed E-state index contributed by atoms with van der Waals surface area (Å²) in [4.78, 5) is 24.9. The summed E-state index contributed by atoms with van der Waals surface area (Å²) in [5, 5.41) is 5.71. The van der Waals surface area contributed by atoms with Gasteiger partial charge in [0, 0.05) is 6.04 Å². The van der Waals surface area contributed by atoms with E-state index in [2.05, 4.69) is 24.5 Å². The minimum atomic E-state index is -0.783. The monoisotopic (exact) mass is 334 g/mol. The number of hydrogen-bond acceptors (Lipinski definition) is 3. The van der Waals surface area contributed by atoms with E-state index in [0.717, 1.165) is 12.0 Å². The fraction of sp³-hybridized carbons (Fsp3) is 0.579. The van der Waals surface area contributed by atoms with E-state index in [1.807, 2.05) is 37.3 Å². The Morgan fingerprint density at radius 1 is 1.08 bits per heavy atom. The molecule has 5 nitrogen and oxygen atoms in total. The first-order valence-electron chi connectivity index (χ1n) is 8.49. The van der Waals surface area contributed by atoms with Gasteiger partial charge in [-0.05, 0) is 38.7 Å². The Morgan fingerprint density at radius 3 is 2.12 bits per heavy atom. The summed E-state index contributed by atoms with van der Waals surface area (Å²) in [7, 11) is 0. The molecule has 24 heavy (non-hydrogen) atoms. The Balaban J connectivity index is 2.94. The number of alkyl carbamates (subject to hydrolysis) is 1. The number of ether oxygens (including phenoxy) is 1. The molecule has 0 saturated heterocycles. The van der Waals surface area contributed by atoms with Gasteiger partial charge in [0.15, 0.2) is 0 Å². The lowest BCUT2D eigenvalue weighted by atomic mass is 10.00. The van der Waals surface area contributed by atoms with E-state index >= 15 is 0 Å². The molecule has 0 radical (unpaired) electrons. The van der Waals surface area contributed by atoms with Crippen molar-refractivity contribution in [3.05, 3.63) is 35.9 Å². The highest BCUT2D eigenvalue weighted by molar-refractivity contribution is 5.87. The van der Waals surface area contributed by atoms with Crippen LogP contribution in [0.5, 0.6) is 0 Å². The third-order valence-corrected chi connectivity index (χ3v) is 3.63. The number of benzene rings is 1. The Kier molecular flexibility index (Phi) is 7.26. The van der Waals surface area contributed by atoms with Crippen molar-refractivity contribution in [3.63, 3.8) is 0 Å². The Morgan fingerprint density at radius 2 is 1.67 bits per heavy atom. The van der Waals surface area contributed by atoms with Crippen LogP contribution in [-0.2, 0) is 9.53 Å². The van der Waals surface area contributed by atoms with Crippen molar-refractivity contribution in [2.45, 2.75) is 65.6 Å². The number of carbonyl (C=O) groups excluding carboxylic acids is 2. The molecule has 0 spiro atoms. The van der Waals surface area contributed by atoms with Gasteiger partial charge in [-0.25, -0.2) is 4.79 Å². The van der Waals surface area contributed by atoms with Crippen LogP contribution in [0.3, 0.4) is 0 Å². The maximum Gasteiger partial charge on any atom is 0.408 e. The van der Waals surface area contributed by atoms with E-state index < -0.39 is 17.7 Å². The molecular weight excluding hydrogens is 304 g/mol. The van der Waals surface area contributed by atoms with Crippen LogP contribution in [0, 0.1) is 5.92 Å². The van der Waals surface area contributed by atoms with Gasteiger partial charge in [0.25, 0.3) is 0 Å². The minimum Gasteiger partial charge on any atom is -0.444 e. The summed E-state index contributed by atoms with van der Waals surface area (Å²) >= 11 is 0. The topological polar surface area (TPSA) is 67.4 Å². The zero-order chi connectivity index (χ0) is 18.3. The lowest BCUT2D eigenvalue weighted by Crippen LogP contribution is -2.46. The summed E-state index contributed by atoms with van der Waals surface area (Å²) < 4.78 is 5.29. The molecule has 5 heteroatoms. The van der Waals surface area contributed by atoms with Crippen molar-refractivity contribution in [3.8, 4) is 0 Å². The Hall–Kier alpha value is -2.04. The molecule has 134 valence electrons. The summed E-state index contributed by atoms with van der Waals surface area (Å²) in [6.45, 7) is 11.5. The first-order valence-corrected chi connectivity index (χ1v) is 8.49. The lowest BCUT2D eigenvalue weighted by Gasteiger charge is -2.26. The number of rotatable bonds is 6. The van der Waals surface area contributed by atoms with Gasteiger partial charge in [0.1, 0.15) is 11.6 Å². The second kappa shape index (κ2) is 8.71. The number of amides is 2. The zero-order valence-corrected chi connectivity index (χ0v) is 15.6. The van der Waals surface area contributed by atoms with Crippen molar-refractivity contribution in [2.24, 2.45) is 5.92 Å². The predicted molar refractivity (Wildman–Crippen MR) is 95.6 cm³/mol. The minimum absolute atomic E-state index is 0.0594. The second-order valence-corrected chi connectivity index (χ2v) is 7.26. The smallest absolute Gasteiger partial charge is 0.408 e.